The van der Waals surface area contributed by atoms with E-state index in [0.717, 1.165) is 16.5 Å². The summed E-state index contributed by atoms with van der Waals surface area (Å²) in [6.07, 6.45) is 5.00. The fourth-order valence-corrected chi connectivity index (χ4v) is 3.71. The zero-order chi connectivity index (χ0) is 9.92. The molecular formula is C11H7BrN2. The molecule has 1 saturated carbocycles. The van der Waals surface area contributed by atoms with E-state index in [1.807, 2.05) is 12.2 Å². The Balaban J connectivity index is 2.19. The molecule has 0 N–H and O–H groups in total. The van der Waals surface area contributed by atoms with Crippen LogP contribution >= 0.6 is 15.9 Å². The minimum absolute atomic E-state index is 0.227. The van der Waals surface area contributed by atoms with Gasteiger partial charge in [0.25, 0.3) is 0 Å². The van der Waals surface area contributed by atoms with Crippen molar-refractivity contribution >= 4 is 15.9 Å². The van der Waals surface area contributed by atoms with Crippen LogP contribution in [-0.2, 0) is 0 Å². The van der Waals surface area contributed by atoms with E-state index in [-0.39, 0.29) is 11.3 Å². The van der Waals surface area contributed by atoms with Crippen LogP contribution in [-0.4, -0.2) is 0 Å². The monoisotopic (exact) mass is 246 g/mol. The van der Waals surface area contributed by atoms with E-state index in [4.69, 9.17) is 10.5 Å². The van der Waals surface area contributed by atoms with Crippen LogP contribution in [0.4, 0.5) is 0 Å². The number of fused-ring (bicyclic) bond motifs is 2. The molecule has 0 aromatic rings. The fourth-order valence-electron chi connectivity index (χ4n) is 2.90. The first-order valence-electron chi connectivity index (χ1n) is 4.64. The number of hydrogen-bond acceptors (Lipinski definition) is 2. The quantitative estimate of drug-likeness (QED) is 0.660. The van der Waals surface area contributed by atoms with Gasteiger partial charge in [0.05, 0.1) is 17.6 Å². The van der Waals surface area contributed by atoms with E-state index in [0.29, 0.717) is 11.8 Å². The van der Waals surface area contributed by atoms with Crippen molar-refractivity contribution in [2.45, 2.75) is 6.42 Å². The van der Waals surface area contributed by atoms with Crippen LogP contribution < -0.4 is 0 Å². The van der Waals surface area contributed by atoms with Gasteiger partial charge in [0.15, 0.2) is 0 Å². The molecule has 3 aliphatic carbocycles. The van der Waals surface area contributed by atoms with Crippen molar-refractivity contribution in [1.82, 2.24) is 0 Å². The lowest BCUT2D eigenvalue weighted by atomic mass is 9.84. The van der Waals surface area contributed by atoms with Crippen molar-refractivity contribution in [3.05, 3.63) is 22.2 Å². The largest absolute Gasteiger partial charge is 0.197 e. The summed E-state index contributed by atoms with van der Waals surface area (Å²) < 4.78 is 1.03. The molecule has 0 amide bonds. The average Bonchev–Trinajstić information content (AvgIpc) is 2.88. The second kappa shape index (κ2) is 2.30. The van der Waals surface area contributed by atoms with E-state index in [2.05, 4.69) is 28.1 Å². The first kappa shape index (κ1) is 8.26. The normalized spacial score (nSPS) is 46.9. The third-order valence-corrected chi connectivity index (χ3v) is 4.53. The predicted octanol–water partition coefficient (Wildman–Crippen LogP) is 2.50. The Morgan fingerprint density at radius 1 is 1.50 bits per heavy atom. The Morgan fingerprint density at radius 3 is 2.93 bits per heavy atom. The summed E-state index contributed by atoms with van der Waals surface area (Å²) in [6.45, 7) is 0. The van der Waals surface area contributed by atoms with Gasteiger partial charge in [-0.25, -0.2) is 0 Å². The topological polar surface area (TPSA) is 47.6 Å². The Bertz CT molecular complexity index is 463. The Kier molecular flexibility index (Phi) is 1.36. The first-order chi connectivity index (χ1) is 6.73. The highest BCUT2D eigenvalue weighted by atomic mass is 79.9. The molecule has 2 nitrogen and oxygen atoms in total. The molecule has 0 aromatic heterocycles. The van der Waals surface area contributed by atoms with Crippen molar-refractivity contribution < 1.29 is 0 Å². The smallest absolute Gasteiger partial charge is 0.0950 e. The van der Waals surface area contributed by atoms with Crippen LogP contribution in [0.25, 0.3) is 0 Å². The van der Waals surface area contributed by atoms with Crippen LogP contribution in [0.5, 0.6) is 0 Å². The maximum Gasteiger partial charge on any atom is 0.0950 e. The molecule has 0 saturated heterocycles. The number of nitrogens with zero attached hydrogens (tertiary/aromatic N) is 2. The molecule has 0 heterocycles. The van der Waals surface area contributed by atoms with Crippen LogP contribution in [0.3, 0.4) is 0 Å². The fraction of sp³-hybridized carbons (Fsp3) is 0.455. The molecule has 68 valence electrons. The molecule has 3 aliphatic rings. The second-order valence-corrected chi connectivity index (χ2v) is 5.14. The number of rotatable bonds is 0. The standard InChI is InChI=1S/C11H7BrN2/c12-10-3-11(5-14)8-1-6(4-13)7(10)2-9(8)11/h1,3,7-9H,2H2. The van der Waals surface area contributed by atoms with Crippen LogP contribution in [0.2, 0.25) is 0 Å². The van der Waals surface area contributed by atoms with E-state index in [1.54, 1.807) is 0 Å². The lowest BCUT2D eigenvalue weighted by Gasteiger charge is -2.21. The van der Waals surface area contributed by atoms with Gasteiger partial charge in [0.2, 0.25) is 0 Å². The van der Waals surface area contributed by atoms with E-state index < -0.39 is 0 Å². The lowest BCUT2D eigenvalue weighted by Crippen LogP contribution is -2.13. The zero-order valence-electron chi connectivity index (χ0n) is 7.37. The van der Waals surface area contributed by atoms with Crippen LogP contribution in [0.1, 0.15) is 6.42 Å². The maximum absolute atomic E-state index is 9.16. The summed E-state index contributed by atoms with van der Waals surface area (Å²) in [5.74, 6) is 0.995. The van der Waals surface area contributed by atoms with Crippen LogP contribution in [0, 0.1) is 45.8 Å². The molecule has 14 heavy (non-hydrogen) atoms. The first-order valence-corrected chi connectivity index (χ1v) is 5.43. The summed E-state index contributed by atoms with van der Waals surface area (Å²) in [7, 11) is 0. The molecule has 4 atom stereocenters. The highest BCUT2D eigenvalue weighted by Gasteiger charge is 2.67. The predicted molar refractivity (Wildman–Crippen MR) is 53.8 cm³/mol. The summed E-state index contributed by atoms with van der Waals surface area (Å²) in [5.41, 5.74) is 0.553. The van der Waals surface area contributed by atoms with E-state index in [9.17, 15) is 0 Å². The Hall–Kier alpha value is -1.06. The third-order valence-electron chi connectivity index (χ3n) is 3.75. The SMILES string of the molecule is N#CC1=CC2C3CC1C(Br)=CC23C#N. The zero-order valence-corrected chi connectivity index (χ0v) is 8.95. The molecule has 0 aliphatic heterocycles. The Morgan fingerprint density at radius 2 is 2.29 bits per heavy atom. The molecule has 3 rings (SSSR count). The van der Waals surface area contributed by atoms with Gasteiger partial charge in [0.1, 0.15) is 0 Å². The number of allylic oxidation sites excluding steroid dienone is 4. The lowest BCUT2D eigenvalue weighted by molar-refractivity contribution is 0.526. The molecule has 0 spiro atoms. The molecule has 2 bridgehead atoms. The minimum atomic E-state index is -0.284. The summed E-state index contributed by atoms with van der Waals surface area (Å²) in [5, 5.41) is 18.1. The molecule has 3 heteroatoms. The summed E-state index contributed by atoms with van der Waals surface area (Å²) >= 11 is 3.48. The average molecular weight is 247 g/mol. The molecule has 4 unspecified atom stereocenters. The van der Waals surface area contributed by atoms with Crippen molar-refractivity contribution in [3.8, 4) is 12.1 Å². The van der Waals surface area contributed by atoms with Gasteiger partial charge in [-0.1, -0.05) is 28.1 Å². The van der Waals surface area contributed by atoms with Crippen molar-refractivity contribution in [2.24, 2.45) is 23.2 Å². The number of hydrogen-bond donors (Lipinski definition) is 0. The van der Waals surface area contributed by atoms with Crippen molar-refractivity contribution in [2.75, 3.05) is 0 Å². The second-order valence-electron chi connectivity index (χ2n) is 4.23. The highest BCUT2D eigenvalue weighted by molar-refractivity contribution is 9.11. The molecular weight excluding hydrogens is 240 g/mol. The molecule has 0 radical (unpaired) electrons. The maximum atomic E-state index is 9.16. The summed E-state index contributed by atoms with van der Waals surface area (Å²) in [6, 6.07) is 4.64. The van der Waals surface area contributed by atoms with Gasteiger partial charge in [-0.15, -0.1) is 0 Å². The highest BCUT2D eigenvalue weighted by Crippen LogP contribution is 2.70. The molecule has 1 fully saturated rings. The third kappa shape index (κ3) is 0.713. The van der Waals surface area contributed by atoms with Gasteiger partial charge in [-0.2, -0.15) is 10.5 Å². The van der Waals surface area contributed by atoms with Gasteiger partial charge in [0, 0.05) is 21.9 Å². The van der Waals surface area contributed by atoms with Crippen molar-refractivity contribution in [3.63, 3.8) is 0 Å². The molecule has 0 aromatic carbocycles. The van der Waals surface area contributed by atoms with E-state index in [1.165, 1.54) is 0 Å². The van der Waals surface area contributed by atoms with Gasteiger partial charge >= 0.3 is 0 Å². The Labute approximate surface area is 90.6 Å². The minimum Gasteiger partial charge on any atom is -0.197 e. The van der Waals surface area contributed by atoms with E-state index >= 15 is 0 Å². The summed E-state index contributed by atoms with van der Waals surface area (Å²) in [4.78, 5) is 0. The van der Waals surface area contributed by atoms with Crippen molar-refractivity contribution in [1.29, 1.82) is 10.5 Å². The number of nitriles is 2. The van der Waals surface area contributed by atoms with Crippen LogP contribution in [0.15, 0.2) is 22.2 Å². The van der Waals surface area contributed by atoms with Gasteiger partial charge in [-0.05, 0) is 12.3 Å². The van der Waals surface area contributed by atoms with Gasteiger partial charge in [-0.3, -0.25) is 0 Å². The number of halogens is 1. The van der Waals surface area contributed by atoms with Gasteiger partial charge < -0.3 is 0 Å².